The van der Waals surface area contributed by atoms with Crippen LogP contribution in [0.15, 0.2) is 24.3 Å². The predicted molar refractivity (Wildman–Crippen MR) is 102 cm³/mol. The van der Waals surface area contributed by atoms with E-state index in [2.05, 4.69) is 32.9 Å². The zero-order valence-electron chi connectivity index (χ0n) is 12.8. The molecule has 9 heteroatoms. The zero-order chi connectivity index (χ0) is 18.3. The SMILES string of the molecule is Cc1cc(I)ccc1Nc1c(C(=O)O)cc2sc(C(N)=O)nc2c1F. The summed E-state index contributed by atoms with van der Waals surface area (Å²) in [7, 11) is 0. The van der Waals surface area contributed by atoms with E-state index < -0.39 is 17.7 Å². The number of aromatic nitrogens is 1. The van der Waals surface area contributed by atoms with Crippen molar-refractivity contribution in [3.05, 3.63) is 49.8 Å². The maximum absolute atomic E-state index is 14.9. The fraction of sp³-hybridized carbons (Fsp3) is 0.0625. The first kappa shape index (κ1) is 17.5. The van der Waals surface area contributed by atoms with Gasteiger partial charge >= 0.3 is 5.97 Å². The van der Waals surface area contributed by atoms with Crippen molar-refractivity contribution in [2.24, 2.45) is 5.73 Å². The number of carboxylic acids is 1. The molecule has 6 nitrogen and oxygen atoms in total. The van der Waals surface area contributed by atoms with Gasteiger partial charge in [0, 0.05) is 9.26 Å². The summed E-state index contributed by atoms with van der Waals surface area (Å²) >= 11 is 3.00. The van der Waals surface area contributed by atoms with Crippen LogP contribution in [-0.2, 0) is 0 Å². The van der Waals surface area contributed by atoms with Crippen molar-refractivity contribution in [2.45, 2.75) is 6.92 Å². The topological polar surface area (TPSA) is 105 Å². The Morgan fingerprint density at radius 2 is 2.08 bits per heavy atom. The third kappa shape index (κ3) is 3.29. The molecular formula is C16H11FIN3O3S. The lowest BCUT2D eigenvalue weighted by atomic mass is 10.1. The number of amides is 1. The molecule has 1 amide bonds. The molecule has 25 heavy (non-hydrogen) atoms. The number of aryl methyl sites for hydroxylation is 1. The molecule has 3 aromatic rings. The van der Waals surface area contributed by atoms with Gasteiger partial charge in [-0.15, -0.1) is 11.3 Å². The molecule has 0 aliphatic carbocycles. The van der Waals surface area contributed by atoms with Gasteiger partial charge in [0.15, 0.2) is 10.8 Å². The van der Waals surface area contributed by atoms with E-state index in [1.54, 1.807) is 6.07 Å². The average Bonchev–Trinajstić information content (AvgIpc) is 2.96. The maximum Gasteiger partial charge on any atom is 0.337 e. The van der Waals surface area contributed by atoms with E-state index in [1.165, 1.54) is 6.07 Å². The number of fused-ring (bicyclic) bond motifs is 1. The summed E-state index contributed by atoms with van der Waals surface area (Å²) in [6, 6.07) is 6.73. The Bertz CT molecular complexity index is 1040. The number of hydrogen-bond acceptors (Lipinski definition) is 5. The van der Waals surface area contributed by atoms with Crippen molar-refractivity contribution in [1.82, 2.24) is 4.98 Å². The van der Waals surface area contributed by atoms with Gasteiger partial charge in [-0.25, -0.2) is 14.2 Å². The largest absolute Gasteiger partial charge is 0.478 e. The monoisotopic (exact) mass is 471 g/mol. The molecule has 1 aromatic heterocycles. The first-order chi connectivity index (χ1) is 11.8. The van der Waals surface area contributed by atoms with Crippen LogP contribution in [0, 0.1) is 16.3 Å². The van der Waals surface area contributed by atoms with Crippen LogP contribution in [0.5, 0.6) is 0 Å². The molecule has 2 aromatic carbocycles. The molecule has 4 N–H and O–H groups in total. The van der Waals surface area contributed by atoms with Crippen LogP contribution in [0.1, 0.15) is 25.7 Å². The number of thiazole rings is 1. The van der Waals surface area contributed by atoms with Gasteiger partial charge in [0.25, 0.3) is 5.91 Å². The van der Waals surface area contributed by atoms with E-state index in [-0.39, 0.29) is 26.5 Å². The summed E-state index contributed by atoms with van der Waals surface area (Å²) in [6.07, 6.45) is 0. The summed E-state index contributed by atoms with van der Waals surface area (Å²) < 4.78 is 16.2. The van der Waals surface area contributed by atoms with E-state index in [4.69, 9.17) is 5.73 Å². The quantitative estimate of drug-likeness (QED) is 0.501. The van der Waals surface area contributed by atoms with E-state index in [1.807, 2.05) is 19.1 Å². The van der Waals surface area contributed by atoms with Crippen molar-refractivity contribution in [3.63, 3.8) is 0 Å². The Labute approximate surface area is 159 Å². The molecule has 0 saturated heterocycles. The number of benzene rings is 2. The van der Waals surface area contributed by atoms with Crippen LogP contribution < -0.4 is 11.1 Å². The second-order valence-corrected chi connectivity index (χ2v) is 7.51. The molecular weight excluding hydrogens is 460 g/mol. The summed E-state index contributed by atoms with van der Waals surface area (Å²) in [5, 5.41) is 12.2. The zero-order valence-corrected chi connectivity index (χ0v) is 15.7. The summed E-state index contributed by atoms with van der Waals surface area (Å²) in [5.41, 5.74) is 6.04. The second-order valence-electron chi connectivity index (χ2n) is 5.23. The number of nitrogens with two attached hydrogens (primary N) is 1. The highest BCUT2D eigenvalue weighted by atomic mass is 127. The first-order valence-corrected chi connectivity index (χ1v) is 8.86. The van der Waals surface area contributed by atoms with E-state index in [9.17, 15) is 19.1 Å². The molecule has 3 rings (SSSR count). The van der Waals surface area contributed by atoms with Crippen molar-refractivity contribution < 1.29 is 19.1 Å². The molecule has 0 fully saturated rings. The number of nitrogens with zero attached hydrogens (tertiary/aromatic N) is 1. The Hall–Kier alpha value is -2.27. The minimum atomic E-state index is -1.29. The second kappa shape index (κ2) is 6.56. The van der Waals surface area contributed by atoms with Gasteiger partial charge in [-0.05, 0) is 59.3 Å². The number of carboxylic acid groups (broad SMARTS) is 1. The van der Waals surface area contributed by atoms with Crippen molar-refractivity contribution in [2.75, 3.05) is 5.32 Å². The standard InChI is InChI=1S/C16H11FIN3O3S/c1-6-4-7(18)2-3-9(6)20-12-8(16(23)24)5-10-13(11(12)17)21-15(25-10)14(19)22/h2-5,20H,1H3,(H2,19,22)(H,23,24). The Morgan fingerprint density at radius 1 is 1.36 bits per heavy atom. The van der Waals surface area contributed by atoms with Crippen LogP contribution in [0.2, 0.25) is 0 Å². The number of nitrogens with one attached hydrogen (secondary N) is 1. The van der Waals surface area contributed by atoms with Gasteiger partial charge in [0.1, 0.15) is 5.52 Å². The molecule has 0 aliphatic heterocycles. The maximum atomic E-state index is 14.9. The van der Waals surface area contributed by atoms with Crippen LogP contribution in [-0.4, -0.2) is 22.0 Å². The van der Waals surface area contributed by atoms with Gasteiger partial charge in [-0.3, -0.25) is 4.79 Å². The fourth-order valence-corrected chi connectivity index (χ4v) is 3.83. The van der Waals surface area contributed by atoms with Crippen LogP contribution in [0.4, 0.5) is 15.8 Å². The summed E-state index contributed by atoms with van der Waals surface area (Å²) in [6.45, 7) is 1.83. The predicted octanol–water partition coefficient (Wildman–Crippen LogP) is 3.89. The lowest BCUT2D eigenvalue weighted by Gasteiger charge is -2.13. The third-order valence-electron chi connectivity index (χ3n) is 3.51. The highest BCUT2D eigenvalue weighted by Gasteiger charge is 2.22. The minimum Gasteiger partial charge on any atom is -0.478 e. The molecule has 0 radical (unpaired) electrons. The fourth-order valence-electron chi connectivity index (χ4n) is 2.33. The molecule has 1 heterocycles. The average molecular weight is 471 g/mol. The van der Waals surface area contributed by atoms with Gasteiger partial charge in [0.05, 0.1) is 16.0 Å². The number of carbonyl (C=O) groups excluding carboxylic acids is 1. The normalized spacial score (nSPS) is 10.8. The summed E-state index contributed by atoms with van der Waals surface area (Å²) in [4.78, 5) is 26.7. The lowest BCUT2D eigenvalue weighted by molar-refractivity contribution is 0.0697. The number of rotatable bonds is 4. The number of halogens is 2. The number of aromatic carboxylic acids is 1. The molecule has 0 atom stereocenters. The highest BCUT2D eigenvalue weighted by Crippen LogP contribution is 2.34. The Kier molecular flexibility index (Phi) is 4.60. The number of anilines is 2. The highest BCUT2D eigenvalue weighted by molar-refractivity contribution is 14.1. The van der Waals surface area contributed by atoms with Crippen LogP contribution in [0.3, 0.4) is 0 Å². The van der Waals surface area contributed by atoms with E-state index >= 15 is 0 Å². The Morgan fingerprint density at radius 3 is 2.68 bits per heavy atom. The number of carbonyl (C=O) groups is 2. The van der Waals surface area contributed by atoms with Crippen molar-refractivity contribution in [1.29, 1.82) is 0 Å². The van der Waals surface area contributed by atoms with Gasteiger partial charge in [-0.1, -0.05) is 0 Å². The van der Waals surface area contributed by atoms with Crippen LogP contribution in [0.25, 0.3) is 10.2 Å². The molecule has 0 spiro atoms. The molecule has 0 aliphatic rings. The van der Waals surface area contributed by atoms with Crippen molar-refractivity contribution in [3.8, 4) is 0 Å². The third-order valence-corrected chi connectivity index (χ3v) is 5.20. The lowest BCUT2D eigenvalue weighted by Crippen LogP contribution is -2.10. The molecule has 128 valence electrons. The summed E-state index contributed by atoms with van der Waals surface area (Å²) in [5.74, 6) is -2.92. The number of hydrogen-bond donors (Lipinski definition) is 3. The smallest absolute Gasteiger partial charge is 0.337 e. The van der Waals surface area contributed by atoms with Crippen LogP contribution >= 0.6 is 33.9 Å². The van der Waals surface area contributed by atoms with Crippen molar-refractivity contribution >= 4 is 67.4 Å². The molecule has 0 unspecified atom stereocenters. The van der Waals surface area contributed by atoms with Gasteiger partial charge in [-0.2, -0.15) is 0 Å². The van der Waals surface area contributed by atoms with E-state index in [0.717, 1.165) is 20.5 Å². The number of primary amides is 1. The minimum absolute atomic E-state index is 0.0761. The van der Waals surface area contributed by atoms with Gasteiger partial charge < -0.3 is 16.2 Å². The molecule has 0 bridgehead atoms. The van der Waals surface area contributed by atoms with Gasteiger partial charge in [0.2, 0.25) is 0 Å². The molecule has 0 saturated carbocycles. The Balaban J connectivity index is 2.21. The first-order valence-electron chi connectivity index (χ1n) is 6.97. The van der Waals surface area contributed by atoms with E-state index in [0.29, 0.717) is 5.69 Å².